The molecule has 1 heterocycles. The summed E-state index contributed by atoms with van der Waals surface area (Å²) in [5.74, 6) is 0. The maximum Gasteiger partial charge on any atom is 0.0823 e. The Bertz CT molecular complexity index is 281. The fourth-order valence-electron chi connectivity index (χ4n) is 1.12. The topological polar surface area (TPSA) is 21.6 Å². The van der Waals surface area contributed by atoms with E-state index in [9.17, 15) is 0 Å². The summed E-state index contributed by atoms with van der Waals surface area (Å²) in [5, 5.41) is 0. The van der Waals surface area contributed by atoms with Crippen molar-refractivity contribution in [3.05, 3.63) is 29.8 Å². The van der Waals surface area contributed by atoms with Crippen molar-refractivity contribution in [1.82, 2.24) is 0 Å². The summed E-state index contributed by atoms with van der Waals surface area (Å²) < 4.78 is 5.27. The molecule has 1 aliphatic heterocycles. The zero-order valence-electron chi connectivity index (χ0n) is 6.16. The van der Waals surface area contributed by atoms with Crippen LogP contribution in [0.3, 0.4) is 0 Å². The van der Waals surface area contributed by atoms with E-state index < -0.39 is 0 Å². The molecule has 1 aromatic rings. The van der Waals surface area contributed by atoms with Gasteiger partial charge >= 0.3 is 0 Å². The second-order valence-electron chi connectivity index (χ2n) is 2.46. The Labute approximate surface area is 65.5 Å². The summed E-state index contributed by atoms with van der Waals surface area (Å²) in [6.07, 6.45) is 1.80. The van der Waals surface area contributed by atoms with Gasteiger partial charge in [-0.3, -0.25) is 4.99 Å². The average Bonchev–Trinajstić information content (AvgIpc) is 2.28. The Kier molecular flexibility index (Phi) is 1.69. The van der Waals surface area contributed by atoms with Gasteiger partial charge in [0.25, 0.3) is 0 Å². The number of nitrogens with zero attached hydrogens (tertiary/aromatic N) is 1. The molecule has 56 valence electrons. The van der Waals surface area contributed by atoms with E-state index in [2.05, 4.69) is 4.99 Å². The van der Waals surface area contributed by atoms with Crippen molar-refractivity contribution in [2.45, 2.75) is 6.61 Å². The second kappa shape index (κ2) is 2.84. The molecule has 2 nitrogen and oxygen atoms in total. The lowest BCUT2D eigenvalue weighted by molar-refractivity contribution is 0.162. The molecule has 11 heavy (non-hydrogen) atoms. The van der Waals surface area contributed by atoms with Crippen LogP contribution in [-0.2, 0) is 11.3 Å². The molecule has 0 amide bonds. The Morgan fingerprint density at radius 2 is 2.18 bits per heavy atom. The molecule has 0 aliphatic carbocycles. The zero-order valence-corrected chi connectivity index (χ0v) is 6.16. The summed E-state index contributed by atoms with van der Waals surface area (Å²) in [6.45, 7) is 1.30. The van der Waals surface area contributed by atoms with Crippen molar-refractivity contribution in [1.29, 1.82) is 0 Å². The molecule has 0 atom stereocenters. The summed E-state index contributed by atoms with van der Waals surface area (Å²) in [4.78, 5) is 4.24. The van der Waals surface area contributed by atoms with Crippen molar-refractivity contribution in [2.24, 2.45) is 4.99 Å². The first kappa shape index (κ1) is 6.55. The lowest BCUT2D eigenvalue weighted by atomic mass is 10.2. The lowest BCUT2D eigenvalue weighted by Gasteiger charge is -1.99. The Hall–Kier alpha value is -1.15. The first-order valence-electron chi connectivity index (χ1n) is 3.65. The minimum Gasteiger partial charge on any atom is -0.371 e. The van der Waals surface area contributed by atoms with Gasteiger partial charge in [-0.15, -0.1) is 0 Å². The maximum atomic E-state index is 5.27. The minimum absolute atomic E-state index is 0.620. The summed E-state index contributed by atoms with van der Waals surface area (Å²) in [5.41, 5.74) is 2.20. The van der Waals surface area contributed by atoms with Crippen LogP contribution in [0.2, 0.25) is 0 Å². The standard InChI is InChI=1S/C9H9NO/c1-2-4-9-8(3-1)7-11-6-5-10-9/h1-5H,6-7H2. The van der Waals surface area contributed by atoms with Gasteiger partial charge in [0.1, 0.15) is 0 Å². The molecule has 0 saturated carbocycles. The molecule has 0 radical (unpaired) electrons. The van der Waals surface area contributed by atoms with Crippen molar-refractivity contribution in [3.8, 4) is 0 Å². The van der Waals surface area contributed by atoms with E-state index in [0.717, 1.165) is 5.69 Å². The van der Waals surface area contributed by atoms with Gasteiger partial charge in [-0.05, 0) is 6.07 Å². The number of fused-ring (bicyclic) bond motifs is 1. The predicted octanol–water partition coefficient (Wildman–Crippen LogP) is 1.92. The molecule has 1 aromatic carbocycles. The Balaban J connectivity index is 2.45. The molecule has 0 saturated heterocycles. The predicted molar refractivity (Wildman–Crippen MR) is 44.3 cm³/mol. The summed E-state index contributed by atoms with van der Waals surface area (Å²) in [6, 6.07) is 8.03. The lowest BCUT2D eigenvalue weighted by Crippen LogP contribution is -1.91. The van der Waals surface area contributed by atoms with Crippen LogP contribution in [0.5, 0.6) is 0 Å². The van der Waals surface area contributed by atoms with E-state index in [1.54, 1.807) is 6.21 Å². The van der Waals surface area contributed by atoms with Gasteiger partial charge < -0.3 is 4.74 Å². The normalized spacial score (nSPS) is 15.6. The fraction of sp³-hybridized carbons (Fsp3) is 0.222. The fourth-order valence-corrected chi connectivity index (χ4v) is 1.12. The highest BCUT2D eigenvalue weighted by Gasteiger charge is 2.01. The SMILES string of the molecule is C1=Nc2ccccc2COC1. The molecule has 0 bridgehead atoms. The number of benzene rings is 1. The molecular weight excluding hydrogens is 138 g/mol. The maximum absolute atomic E-state index is 5.27. The molecule has 0 N–H and O–H groups in total. The molecule has 0 aromatic heterocycles. The van der Waals surface area contributed by atoms with Crippen LogP contribution < -0.4 is 0 Å². The molecule has 0 spiro atoms. The van der Waals surface area contributed by atoms with Crippen LogP contribution >= 0.6 is 0 Å². The van der Waals surface area contributed by atoms with Crippen LogP contribution in [0, 0.1) is 0 Å². The summed E-state index contributed by atoms with van der Waals surface area (Å²) in [7, 11) is 0. The van der Waals surface area contributed by atoms with Crippen molar-refractivity contribution in [3.63, 3.8) is 0 Å². The van der Waals surface area contributed by atoms with Crippen LogP contribution in [0.1, 0.15) is 5.56 Å². The Morgan fingerprint density at radius 1 is 1.27 bits per heavy atom. The number of ether oxygens (including phenoxy) is 1. The van der Waals surface area contributed by atoms with Crippen LogP contribution in [0.4, 0.5) is 5.69 Å². The van der Waals surface area contributed by atoms with Gasteiger partial charge in [-0.2, -0.15) is 0 Å². The van der Waals surface area contributed by atoms with E-state index in [1.165, 1.54) is 5.56 Å². The van der Waals surface area contributed by atoms with Crippen LogP contribution in [0.25, 0.3) is 0 Å². The van der Waals surface area contributed by atoms with Gasteiger partial charge in [0, 0.05) is 11.8 Å². The quantitative estimate of drug-likeness (QED) is 0.549. The smallest absolute Gasteiger partial charge is 0.0823 e. The third-order valence-corrected chi connectivity index (χ3v) is 1.67. The molecule has 1 aliphatic rings. The second-order valence-corrected chi connectivity index (χ2v) is 2.46. The van der Waals surface area contributed by atoms with Crippen LogP contribution in [0.15, 0.2) is 29.3 Å². The van der Waals surface area contributed by atoms with Gasteiger partial charge in [0.15, 0.2) is 0 Å². The van der Waals surface area contributed by atoms with E-state index in [0.29, 0.717) is 13.2 Å². The Morgan fingerprint density at radius 3 is 3.18 bits per heavy atom. The monoisotopic (exact) mass is 147 g/mol. The van der Waals surface area contributed by atoms with E-state index in [1.807, 2.05) is 24.3 Å². The molecular formula is C9H9NO. The highest BCUT2D eigenvalue weighted by atomic mass is 16.5. The highest BCUT2D eigenvalue weighted by Crippen LogP contribution is 2.20. The van der Waals surface area contributed by atoms with Gasteiger partial charge in [0.2, 0.25) is 0 Å². The number of para-hydroxylation sites is 1. The highest BCUT2D eigenvalue weighted by molar-refractivity contribution is 5.66. The van der Waals surface area contributed by atoms with Crippen molar-refractivity contribution in [2.75, 3.05) is 6.61 Å². The van der Waals surface area contributed by atoms with Gasteiger partial charge in [-0.1, -0.05) is 18.2 Å². The molecule has 0 unspecified atom stereocenters. The minimum atomic E-state index is 0.620. The number of aliphatic imine (C=N–C) groups is 1. The number of hydrogen-bond donors (Lipinski definition) is 0. The van der Waals surface area contributed by atoms with Gasteiger partial charge in [0.05, 0.1) is 18.9 Å². The molecule has 0 fully saturated rings. The average molecular weight is 147 g/mol. The molecule has 2 heteroatoms. The third-order valence-electron chi connectivity index (χ3n) is 1.67. The zero-order chi connectivity index (χ0) is 7.52. The largest absolute Gasteiger partial charge is 0.371 e. The van der Waals surface area contributed by atoms with Crippen molar-refractivity contribution < 1.29 is 4.74 Å². The van der Waals surface area contributed by atoms with Gasteiger partial charge in [-0.25, -0.2) is 0 Å². The third kappa shape index (κ3) is 1.30. The molecule has 2 rings (SSSR count). The first-order valence-corrected chi connectivity index (χ1v) is 3.65. The number of hydrogen-bond acceptors (Lipinski definition) is 2. The van der Waals surface area contributed by atoms with Crippen LogP contribution in [-0.4, -0.2) is 12.8 Å². The van der Waals surface area contributed by atoms with E-state index in [-0.39, 0.29) is 0 Å². The summed E-state index contributed by atoms with van der Waals surface area (Å²) >= 11 is 0. The van der Waals surface area contributed by atoms with E-state index in [4.69, 9.17) is 4.74 Å². The first-order chi connectivity index (χ1) is 5.47. The van der Waals surface area contributed by atoms with Crippen molar-refractivity contribution >= 4 is 11.9 Å². The number of rotatable bonds is 0. The van der Waals surface area contributed by atoms with E-state index >= 15 is 0 Å².